The van der Waals surface area contributed by atoms with Gasteiger partial charge in [0.15, 0.2) is 0 Å². The number of benzene rings is 1. The molecule has 0 radical (unpaired) electrons. The number of aryl methyl sites for hydroxylation is 1. The third-order valence-corrected chi connectivity index (χ3v) is 1.87. The summed E-state index contributed by atoms with van der Waals surface area (Å²) < 4.78 is 1.56. The van der Waals surface area contributed by atoms with Crippen LogP contribution in [0.2, 0.25) is 0 Å². The van der Waals surface area contributed by atoms with Crippen molar-refractivity contribution in [2.45, 2.75) is 0 Å². The van der Waals surface area contributed by atoms with Crippen LogP contribution in [0.4, 0.5) is 0 Å². The van der Waals surface area contributed by atoms with Crippen LogP contribution in [0.25, 0.3) is 10.9 Å². The van der Waals surface area contributed by atoms with Crippen molar-refractivity contribution in [2.75, 3.05) is 0 Å². The highest BCUT2D eigenvalue weighted by Crippen LogP contribution is 2.06. The molecule has 2 aromatic rings. The first-order valence-corrected chi connectivity index (χ1v) is 3.68. The summed E-state index contributed by atoms with van der Waals surface area (Å²) >= 11 is 0. The van der Waals surface area contributed by atoms with E-state index in [-0.39, 0.29) is 5.56 Å². The fourth-order valence-electron chi connectivity index (χ4n) is 1.19. The lowest BCUT2D eigenvalue weighted by Gasteiger charge is -1.98. The Kier molecular flexibility index (Phi) is 1.38. The summed E-state index contributed by atoms with van der Waals surface area (Å²) in [5.74, 6) is 0. The number of aromatic nitrogens is 1. The van der Waals surface area contributed by atoms with Crippen LogP contribution < -0.4 is 5.56 Å². The standard InChI is InChI=1S/C10H7NO/c1-11-9-5-3-2-4-8(9)6-7-10(11)12/h2-5H,1H3. The molecular weight excluding hydrogens is 150 g/mol. The number of rotatable bonds is 0. The first-order valence-electron chi connectivity index (χ1n) is 3.68. The topological polar surface area (TPSA) is 22.0 Å². The van der Waals surface area contributed by atoms with Crippen molar-refractivity contribution in [3.63, 3.8) is 0 Å². The SMILES string of the molecule is Cn1c(=O)c#cc2ccccc21. The van der Waals surface area contributed by atoms with Gasteiger partial charge in [-0.3, -0.25) is 4.79 Å². The molecule has 0 bridgehead atoms. The summed E-state index contributed by atoms with van der Waals surface area (Å²) in [6.07, 6.45) is 0. The Morgan fingerprint density at radius 3 is 2.83 bits per heavy atom. The molecule has 0 aliphatic heterocycles. The molecule has 1 heterocycles. The van der Waals surface area contributed by atoms with E-state index in [4.69, 9.17) is 0 Å². The van der Waals surface area contributed by atoms with Gasteiger partial charge in [0.25, 0.3) is 0 Å². The maximum absolute atomic E-state index is 11.1. The van der Waals surface area contributed by atoms with Gasteiger partial charge in [-0.15, -0.1) is 0 Å². The molecule has 0 saturated carbocycles. The van der Waals surface area contributed by atoms with Crippen LogP contribution in [0.1, 0.15) is 0 Å². The highest BCUT2D eigenvalue weighted by Gasteiger charge is 1.94. The lowest BCUT2D eigenvalue weighted by Crippen LogP contribution is -2.13. The van der Waals surface area contributed by atoms with Crippen LogP contribution in [-0.4, -0.2) is 4.57 Å². The second-order valence-electron chi connectivity index (χ2n) is 2.63. The van der Waals surface area contributed by atoms with Crippen LogP contribution in [-0.2, 0) is 7.05 Å². The summed E-state index contributed by atoms with van der Waals surface area (Å²) in [6.45, 7) is 0. The van der Waals surface area contributed by atoms with E-state index in [0.29, 0.717) is 0 Å². The molecular formula is C10H7NO. The third kappa shape index (κ3) is 0.876. The lowest BCUT2D eigenvalue weighted by molar-refractivity contribution is 0.908. The zero-order valence-electron chi connectivity index (χ0n) is 6.66. The summed E-state index contributed by atoms with van der Waals surface area (Å²) in [5, 5.41) is 0.916. The van der Waals surface area contributed by atoms with Gasteiger partial charge in [0.05, 0.1) is 5.52 Å². The van der Waals surface area contributed by atoms with E-state index < -0.39 is 0 Å². The summed E-state index contributed by atoms with van der Waals surface area (Å²) in [7, 11) is 1.73. The molecule has 0 fully saturated rings. The minimum Gasteiger partial charge on any atom is -0.303 e. The summed E-state index contributed by atoms with van der Waals surface area (Å²) in [6, 6.07) is 12.9. The minimum atomic E-state index is -0.145. The van der Waals surface area contributed by atoms with E-state index in [1.165, 1.54) is 0 Å². The molecule has 2 heteroatoms. The number of hydrogen-bond acceptors (Lipinski definition) is 1. The van der Waals surface area contributed by atoms with Gasteiger partial charge in [-0.2, -0.15) is 0 Å². The summed E-state index contributed by atoms with van der Waals surface area (Å²) in [5.41, 5.74) is 0.745. The molecule has 0 aliphatic rings. The van der Waals surface area contributed by atoms with Crippen LogP contribution in [0.15, 0.2) is 29.1 Å². The maximum Gasteiger partial charge on any atom is 0.303 e. The Labute approximate surface area is 70.1 Å². The van der Waals surface area contributed by atoms with Crippen LogP contribution >= 0.6 is 0 Å². The Hall–Kier alpha value is -1.75. The lowest BCUT2D eigenvalue weighted by atomic mass is 10.2. The van der Waals surface area contributed by atoms with Crippen LogP contribution in [0, 0.1) is 12.1 Å². The maximum atomic E-state index is 11.1. The molecule has 1 aromatic carbocycles. The van der Waals surface area contributed by atoms with Gasteiger partial charge in [0.1, 0.15) is 0 Å². The smallest absolute Gasteiger partial charge is 0.303 e. The normalized spacial score (nSPS) is 9.75. The van der Waals surface area contributed by atoms with E-state index >= 15 is 0 Å². The number of fused-ring (bicyclic) bond motifs is 1. The Bertz CT molecular complexity index is 470. The van der Waals surface area contributed by atoms with E-state index in [2.05, 4.69) is 12.1 Å². The van der Waals surface area contributed by atoms with Gasteiger partial charge in [-0.25, -0.2) is 0 Å². The van der Waals surface area contributed by atoms with Crippen molar-refractivity contribution in [3.8, 4) is 0 Å². The molecule has 2 nitrogen and oxygen atoms in total. The minimum absolute atomic E-state index is 0.145. The van der Waals surface area contributed by atoms with Gasteiger partial charge in [-0.05, 0) is 12.1 Å². The largest absolute Gasteiger partial charge is 0.303 e. The molecule has 0 unspecified atom stereocenters. The molecule has 0 amide bonds. The first-order chi connectivity index (χ1) is 5.79. The Balaban J connectivity index is 3.01. The van der Waals surface area contributed by atoms with E-state index in [1.54, 1.807) is 11.6 Å². The van der Waals surface area contributed by atoms with Crippen molar-refractivity contribution in [2.24, 2.45) is 7.05 Å². The average Bonchev–Trinajstić information content (AvgIpc) is 2.12. The predicted octanol–water partition coefficient (Wildman–Crippen LogP) is 1.14. The van der Waals surface area contributed by atoms with Crippen molar-refractivity contribution in [1.82, 2.24) is 4.57 Å². The van der Waals surface area contributed by atoms with Gasteiger partial charge < -0.3 is 4.57 Å². The molecule has 0 saturated heterocycles. The highest BCUT2D eigenvalue weighted by molar-refractivity contribution is 5.76. The van der Waals surface area contributed by atoms with Gasteiger partial charge in [0.2, 0.25) is 0 Å². The zero-order chi connectivity index (χ0) is 8.55. The average molecular weight is 157 g/mol. The number of nitrogens with zero attached hydrogens (tertiary/aromatic N) is 1. The molecule has 0 spiro atoms. The molecule has 0 N–H and O–H groups in total. The van der Waals surface area contributed by atoms with E-state index in [9.17, 15) is 4.79 Å². The number of hydrogen-bond donors (Lipinski definition) is 0. The fraction of sp³-hybridized carbons (Fsp3) is 0.100. The highest BCUT2D eigenvalue weighted by atomic mass is 16.1. The third-order valence-electron chi connectivity index (χ3n) is 1.87. The van der Waals surface area contributed by atoms with E-state index in [0.717, 1.165) is 10.9 Å². The second kappa shape index (κ2) is 2.38. The van der Waals surface area contributed by atoms with Gasteiger partial charge >= 0.3 is 5.56 Å². The molecule has 2 rings (SSSR count). The van der Waals surface area contributed by atoms with E-state index in [1.807, 2.05) is 24.3 Å². The first kappa shape index (κ1) is 6.93. The number of para-hydroxylation sites is 1. The quantitative estimate of drug-likeness (QED) is 0.562. The van der Waals surface area contributed by atoms with Crippen LogP contribution in [0.5, 0.6) is 0 Å². The zero-order valence-corrected chi connectivity index (χ0v) is 6.66. The molecule has 12 heavy (non-hydrogen) atoms. The second-order valence-corrected chi connectivity index (χ2v) is 2.63. The molecule has 0 atom stereocenters. The van der Waals surface area contributed by atoms with Crippen molar-refractivity contribution in [1.29, 1.82) is 0 Å². The Morgan fingerprint density at radius 1 is 1.25 bits per heavy atom. The summed E-state index contributed by atoms with van der Waals surface area (Å²) in [4.78, 5) is 11.1. The fourth-order valence-corrected chi connectivity index (χ4v) is 1.19. The van der Waals surface area contributed by atoms with Gasteiger partial charge in [0, 0.05) is 18.5 Å². The van der Waals surface area contributed by atoms with Crippen LogP contribution in [0.3, 0.4) is 0 Å². The van der Waals surface area contributed by atoms with Crippen molar-refractivity contribution >= 4 is 10.9 Å². The van der Waals surface area contributed by atoms with Crippen molar-refractivity contribution < 1.29 is 0 Å². The Morgan fingerprint density at radius 2 is 2.00 bits per heavy atom. The molecule has 1 aromatic heterocycles. The predicted molar refractivity (Wildman–Crippen MR) is 46.9 cm³/mol. The monoisotopic (exact) mass is 157 g/mol. The van der Waals surface area contributed by atoms with Gasteiger partial charge in [-0.1, -0.05) is 18.2 Å². The molecule has 0 aliphatic carbocycles. The van der Waals surface area contributed by atoms with Crippen molar-refractivity contribution in [3.05, 3.63) is 46.8 Å². The molecule has 58 valence electrons.